The largest absolute Gasteiger partial charge is 0.464 e. The number of furan rings is 1. The summed E-state index contributed by atoms with van der Waals surface area (Å²) in [7, 11) is 0. The molecular formula is C13H19NO2. The first-order valence-corrected chi connectivity index (χ1v) is 6.37. The molecule has 0 amide bonds. The van der Waals surface area contributed by atoms with Crippen LogP contribution in [0.5, 0.6) is 0 Å². The van der Waals surface area contributed by atoms with Crippen molar-refractivity contribution < 1.29 is 9.52 Å². The molecule has 2 atom stereocenters. The molecule has 2 unspecified atom stereocenters. The molecule has 0 radical (unpaired) electrons. The predicted molar refractivity (Wildman–Crippen MR) is 61.3 cm³/mol. The first-order valence-electron chi connectivity index (χ1n) is 6.37. The van der Waals surface area contributed by atoms with Gasteiger partial charge in [0.1, 0.15) is 11.5 Å². The van der Waals surface area contributed by atoms with Crippen molar-refractivity contribution in [3.8, 4) is 0 Å². The standard InChI is InChI=1S/C13H19NO2/c15-10-5-3-7-14-13(10)12-8-9-4-1-2-6-11(9)16-12/h8,10,13-15H,1-7H2. The monoisotopic (exact) mass is 221 g/mol. The average molecular weight is 221 g/mol. The third kappa shape index (κ3) is 1.78. The van der Waals surface area contributed by atoms with Crippen molar-refractivity contribution in [2.45, 2.75) is 50.7 Å². The summed E-state index contributed by atoms with van der Waals surface area (Å²) in [5.41, 5.74) is 1.36. The van der Waals surface area contributed by atoms with E-state index < -0.39 is 0 Å². The summed E-state index contributed by atoms with van der Waals surface area (Å²) in [6.07, 6.45) is 6.36. The fraction of sp³-hybridized carbons (Fsp3) is 0.692. The second kappa shape index (κ2) is 4.22. The van der Waals surface area contributed by atoms with Gasteiger partial charge in [-0.3, -0.25) is 0 Å². The highest BCUT2D eigenvalue weighted by molar-refractivity contribution is 5.26. The van der Waals surface area contributed by atoms with Crippen molar-refractivity contribution >= 4 is 0 Å². The summed E-state index contributed by atoms with van der Waals surface area (Å²) in [6.45, 7) is 0.979. The van der Waals surface area contributed by atoms with Crippen LogP contribution in [0.25, 0.3) is 0 Å². The summed E-state index contributed by atoms with van der Waals surface area (Å²) in [6, 6.07) is 2.17. The van der Waals surface area contributed by atoms with Crippen LogP contribution in [0.4, 0.5) is 0 Å². The molecule has 3 heteroatoms. The van der Waals surface area contributed by atoms with Crippen LogP contribution in [0.3, 0.4) is 0 Å². The Kier molecular flexibility index (Phi) is 2.74. The molecule has 1 fully saturated rings. The van der Waals surface area contributed by atoms with Crippen LogP contribution in [0, 0.1) is 0 Å². The molecule has 88 valence electrons. The maximum absolute atomic E-state index is 9.96. The van der Waals surface area contributed by atoms with Gasteiger partial charge in [0.15, 0.2) is 0 Å². The van der Waals surface area contributed by atoms with Crippen LogP contribution >= 0.6 is 0 Å². The smallest absolute Gasteiger partial charge is 0.124 e. The summed E-state index contributed by atoms with van der Waals surface area (Å²) < 4.78 is 5.89. The Morgan fingerprint density at radius 2 is 2.12 bits per heavy atom. The number of hydrogen-bond acceptors (Lipinski definition) is 3. The third-order valence-corrected chi connectivity index (χ3v) is 3.75. The fourth-order valence-electron chi connectivity index (χ4n) is 2.83. The minimum atomic E-state index is -0.290. The average Bonchev–Trinajstić information content (AvgIpc) is 2.73. The SMILES string of the molecule is OC1CCCNC1c1cc2c(o1)CCCC2. The van der Waals surface area contributed by atoms with Gasteiger partial charge >= 0.3 is 0 Å². The van der Waals surface area contributed by atoms with Gasteiger partial charge in [-0.1, -0.05) is 0 Å². The Morgan fingerprint density at radius 1 is 1.25 bits per heavy atom. The molecule has 1 aliphatic heterocycles. The summed E-state index contributed by atoms with van der Waals surface area (Å²) >= 11 is 0. The lowest BCUT2D eigenvalue weighted by atomic mass is 9.96. The van der Waals surface area contributed by atoms with Gasteiger partial charge in [0.25, 0.3) is 0 Å². The van der Waals surface area contributed by atoms with Crippen LogP contribution in [-0.4, -0.2) is 17.8 Å². The highest BCUT2D eigenvalue weighted by atomic mass is 16.3. The molecule has 2 aliphatic rings. The van der Waals surface area contributed by atoms with Gasteiger partial charge in [0, 0.05) is 6.42 Å². The predicted octanol–water partition coefficient (Wildman–Crippen LogP) is 1.94. The highest BCUT2D eigenvalue weighted by Crippen LogP contribution is 2.31. The molecule has 1 aliphatic carbocycles. The molecule has 3 nitrogen and oxygen atoms in total. The number of aliphatic hydroxyl groups excluding tert-OH is 1. The van der Waals surface area contributed by atoms with Gasteiger partial charge in [0.2, 0.25) is 0 Å². The maximum atomic E-state index is 9.96. The minimum Gasteiger partial charge on any atom is -0.464 e. The van der Waals surface area contributed by atoms with Crippen LogP contribution < -0.4 is 5.32 Å². The first-order chi connectivity index (χ1) is 7.84. The Balaban J connectivity index is 1.85. The van der Waals surface area contributed by atoms with Crippen LogP contribution in [0.1, 0.15) is 48.8 Å². The van der Waals surface area contributed by atoms with Gasteiger partial charge in [-0.25, -0.2) is 0 Å². The van der Waals surface area contributed by atoms with Crippen LogP contribution in [0.15, 0.2) is 10.5 Å². The zero-order valence-electron chi connectivity index (χ0n) is 9.54. The van der Waals surface area contributed by atoms with Crippen molar-refractivity contribution in [2.75, 3.05) is 6.54 Å². The van der Waals surface area contributed by atoms with Gasteiger partial charge < -0.3 is 14.8 Å². The zero-order chi connectivity index (χ0) is 11.0. The normalized spacial score (nSPS) is 30.1. The number of piperidine rings is 1. The Morgan fingerprint density at radius 3 is 2.94 bits per heavy atom. The number of nitrogens with one attached hydrogen (secondary N) is 1. The maximum Gasteiger partial charge on any atom is 0.124 e. The number of aryl methyl sites for hydroxylation is 2. The number of rotatable bonds is 1. The van der Waals surface area contributed by atoms with E-state index >= 15 is 0 Å². The lowest BCUT2D eigenvalue weighted by molar-refractivity contribution is 0.0858. The van der Waals surface area contributed by atoms with E-state index in [1.165, 1.54) is 18.4 Å². The minimum absolute atomic E-state index is 0.0133. The first kappa shape index (κ1) is 10.4. The van der Waals surface area contributed by atoms with Gasteiger partial charge in [-0.2, -0.15) is 0 Å². The molecule has 1 aromatic rings. The number of aliphatic hydroxyl groups is 1. The zero-order valence-corrected chi connectivity index (χ0v) is 9.54. The van der Waals surface area contributed by atoms with Crippen molar-refractivity contribution in [2.24, 2.45) is 0 Å². The molecule has 1 saturated heterocycles. The van der Waals surface area contributed by atoms with Crippen LogP contribution in [0.2, 0.25) is 0 Å². The molecule has 2 heterocycles. The van der Waals surface area contributed by atoms with E-state index in [-0.39, 0.29) is 12.1 Å². The Bertz CT molecular complexity index is 349. The summed E-state index contributed by atoms with van der Waals surface area (Å²) in [5, 5.41) is 13.3. The van der Waals surface area contributed by atoms with Gasteiger partial charge in [0.05, 0.1) is 12.1 Å². The van der Waals surface area contributed by atoms with E-state index in [0.717, 1.165) is 43.7 Å². The lowest BCUT2D eigenvalue weighted by Gasteiger charge is -2.27. The molecular weight excluding hydrogens is 202 g/mol. The Labute approximate surface area is 95.8 Å². The number of fused-ring (bicyclic) bond motifs is 1. The van der Waals surface area contributed by atoms with Crippen molar-refractivity contribution in [3.63, 3.8) is 0 Å². The molecule has 2 N–H and O–H groups in total. The van der Waals surface area contributed by atoms with E-state index in [9.17, 15) is 5.11 Å². The molecule has 0 spiro atoms. The summed E-state index contributed by atoms with van der Waals surface area (Å²) in [5.74, 6) is 2.10. The Hall–Kier alpha value is -0.800. The molecule has 0 bridgehead atoms. The second-order valence-corrected chi connectivity index (χ2v) is 4.95. The number of hydrogen-bond donors (Lipinski definition) is 2. The molecule has 1 aromatic heterocycles. The molecule has 3 rings (SSSR count). The third-order valence-electron chi connectivity index (χ3n) is 3.75. The molecule has 16 heavy (non-hydrogen) atoms. The van der Waals surface area contributed by atoms with Gasteiger partial charge in [-0.05, 0) is 50.3 Å². The molecule has 0 aromatic carbocycles. The highest BCUT2D eigenvalue weighted by Gasteiger charge is 2.28. The summed E-state index contributed by atoms with van der Waals surface area (Å²) in [4.78, 5) is 0. The van der Waals surface area contributed by atoms with E-state index in [0.29, 0.717) is 0 Å². The fourth-order valence-corrected chi connectivity index (χ4v) is 2.83. The van der Waals surface area contributed by atoms with Gasteiger partial charge in [-0.15, -0.1) is 0 Å². The molecule has 0 saturated carbocycles. The van der Waals surface area contributed by atoms with E-state index in [1.54, 1.807) is 0 Å². The van der Waals surface area contributed by atoms with Crippen LogP contribution in [-0.2, 0) is 12.8 Å². The van der Waals surface area contributed by atoms with Crippen molar-refractivity contribution in [3.05, 3.63) is 23.2 Å². The second-order valence-electron chi connectivity index (χ2n) is 4.95. The van der Waals surface area contributed by atoms with Crippen molar-refractivity contribution in [1.29, 1.82) is 0 Å². The van der Waals surface area contributed by atoms with E-state index in [2.05, 4.69) is 11.4 Å². The van der Waals surface area contributed by atoms with E-state index in [1.807, 2.05) is 0 Å². The van der Waals surface area contributed by atoms with Crippen molar-refractivity contribution in [1.82, 2.24) is 5.32 Å². The van der Waals surface area contributed by atoms with E-state index in [4.69, 9.17) is 4.42 Å². The topological polar surface area (TPSA) is 45.4 Å². The quantitative estimate of drug-likeness (QED) is 0.762. The lowest BCUT2D eigenvalue weighted by Crippen LogP contribution is -2.37.